The molecule has 3 N–H and O–H groups in total. The molecular weight excluding hydrogens is 184 g/mol. The maximum atomic E-state index is 9.45. The fourth-order valence-corrected chi connectivity index (χ4v) is 2.09. The second-order valence-electron chi connectivity index (χ2n) is 2.64. The van der Waals surface area contributed by atoms with Crippen LogP contribution in [0.25, 0.3) is 10.1 Å². The number of phenols is 1. The zero-order valence-corrected chi connectivity index (χ0v) is 7.43. The zero-order chi connectivity index (χ0) is 9.42. The summed E-state index contributed by atoms with van der Waals surface area (Å²) in [5, 5.41) is 18.9. The normalized spacial score (nSPS) is 10.1. The van der Waals surface area contributed by atoms with E-state index in [1.807, 2.05) is 6.07 Å². The highest BCUT2D eigenvalue weighted by Crippen LogP contribution is 2.35. The fourth-order valence-electron chi connectivity index (χ4n) is 1.19. The molecule has 0 spiro atoms. The van der Waals surface area contributed by atoms with Gasteiger partial charge in [-0.25, -0.2) is 0 Å². The van der Waals surface area contributed by atoms with Crippen LogP contribution in [0.5, 0.6) is 5.75 Å². The van der Waals surface area contributed by atoms with Crippen molar-refractivity contribution in [3.63, 3.8) is 0 Å². The van der Waals surface area contributed by atoms with Gasteiger partial charge in [-0.3, -0.25) is 0 Å². The number of phenolic OH excluding ortho intramolecular Hbond substituents is 1. The minimum Gasteiger partial charge on any atom is -0.506 e. The molecule has 0 fully saturated rings. The maximum absolute atomic E-state index is 9.45. The molecule has 0 bridgehead atoms. The summed E-state index contributed by atoms with van der Waals surface area (Å²) in [6.45, 7) is 0. The summed E-state index contributed by atoms with van der Waals surface area (Å²) in [6.07, 6.45) is 0. The summed E-state index contributed by atoms with van der Waals surface area (Å²) in [6, 6.07) is 6.88. The van der Waals surface area contributed by atoms with Crippen molar-refractivity contribution in [1.29, 1.82) is 5.26 Å². The molecule has 0 saturated carbocycles. The van der Waals surface area contributed by atoms with E-state index in [9.17, 15) is 5.11 Å². The van der Waals surface area contributed by atoms with Crippen LogP contribution in [0.2, 0.25) is 0 Å². The molecule has 0 aliphatic rings. The van der Waals surface area contributed by atoms with Crippen LogP contribution in [0.4, 0.5) is 5.69 Å². The SMILES string of the molecule is N#Cc1cc2c(N)ccc(O)c2s1. The zero-order valence-electron chi connectivity index (χ0n) is 6.61. The molecule has 0 aliphatic heterocycles. The van der Waals surface area contributed by atoms with Crippen molar-refractivity contribution in [1.82, 2.24) is 0 Å². The van der Waals surface area contributed by atoms with Crippen molar-refractivity contribution in [2.75, 3.05) is 5.73 Å². The first kappa shape index (κ1) is 7.90. The molecule has 2 aromatic rings. The van der Waals surface area contributed by atoms with Crippen LogP contribution in [0.3, 0.4) is 0 Å². The Morgan fingerprint density at radius 1 is 1.46 bits per heavy atom. The van der Waals surface area contributed by atoms with E-state index in [-0.39, 0.29) is 5.75 Å². The van der Waals surface area contributed by atoms with E-state index in [4.69, 9.17) is 11.0 Å². The van der Waals surface area contributed by atoms with E-state index in [1.54, 1.807) is 12.1 Å². The first-order valence-corrected chi connectivity index (χ1v) is 4.45. The Bertz CT molecular complexity index is 471. The molecule has 0 radical (unpaired) electrons. The molecule has 13 heavy (non-hydrogen) atoms. The number of rotatable bonds is 0. The molecule has 1 aromatic carbocycles. The molecule has 1 heterocycles. The Balaban J connectivity index is 2.90. The number of nitrogens with two attached hydrogens (primary N) is 1. The highest BCUT2D eigenvalue weighted by Gasteiger charge is 2.07. The number of nitrogen functional groups attached to an aromatic ring is 1. The van der Waals surface area contributed by atoms with Gasteiger partial charge in [-0.15, -0.1) is 11.3 Å². The number of hydrogen-bond donors (Lipinski definition) is 2. The number of nitriles is 1. The van der Waals surface area contributed by atoms with Gasteiger partial charge in [-0.05, 0) is 18.2 Å². The summed E-state index contributed by atoms with van der Waals surface area (Å²) in [5.74, 6) is 0.177. The summed E-state index contributed by atoms with van der Waals surface area (Å²) >= 11 is 1.25. The third kappa shape index (κ3) is 1.10. The first-order chi connectivity index (χ1) is 6.22. The van der Waals surface area contributed by atoms with Crippen molar-refractivity contribution < 1.29 is 5.11 Å². The molecule has 0 atom stereocenters. The van der Waals surface area contributed by atoms with Crippen LogP contribution in [-0.4, -0.2) is 5.11 Å². The van der Waals surface area contributed by atoms with Gasteiger partial charge in [0.1, 0.15) is 16.7 Å². The van der Waals surface area contributed by atoms with Crippen LogP contribution in [0.15, 0.2) is 18.2 Å². The molecule has 0 aliphatic carbocycles. The van der Waals surface area contributed by atoms with Crippen LogP contribution < -0.4 is 5.73 Å². The molecule has 0 saturated heterocycles. The molecule has 64 valence electrons. The van der Waals surface area contributed by atoms with E-state index in [1.165, 1.54) is 17.4 Å². The van der Waals surface area contributed by atoms with Crippen molar-refractivity contribution in [2.45, 2.75) is 0 Å². The molecule has 0 unspecified atom stereocenters. The quantitative estimate of drug-likeness (QED) is 0.493. The lowest BCUT2D eigenvalue weighted by molar-refractivity contribution is 0.482. The lowest BCUT2D eigenvalue weighted by Crippen LogP contribution is -1.83. The van der Waals surface area contributed by atoms with E-state index < -0.39 is 0 Å². The molecule has 2 rings (SSSR count). The van der Waals surface area contributed by atoms with E-state index in [2.05, 4.69) is 0 Å². The van der Waals surface area contributed by atoms with E-state index in [0.29, 0.717) is 15.3 Å². The van der Waals surface area contributed by atoms with Crippen molar-refractivity contribution in [3.8, 4) is 11.8 Å². The predicted molar refractivity (Wildman–Crippen MR) is 52.6 cm³/mol. The topological polar surface area (TPSA) is 70.0 Å². The van der Waals surface area contributed by atoms with Gasteiger partial charge in [-0.1, -0.05) is 0 Å². The number of benzene rings is 1. The number of hydrogen-bond acceptors (Lipinski definition) is 4. The van der Waals surface area contributed by atoms with Crippen LogP contribution in [0, 0.1) is 11.3 Å². The van der Waals surface area contributed by atoms with Gasteiger partial charge < -0.3 is 10.8 Å². The minimum absolute atomic E-state index is 0.177. The van der Waals surface area contributed by atoms with Gasteiger partial charge in [0.25, 0.3) is 0 Å². The van der Waals surface area contributed by atoms with Gasteiger partial charge in [0, 0.05) is 11.1 Å². The van der Waals surface area contributed by atoms with Gasteiger partial charge in [0.2, 0.25) is 0 Å². The van der Waals surface area contributed by atoms with E-state index in [0.717, 1.165) is 5.39 Å². The highest BCUT2D eigenvalue weighted by molar-refractivity contribution is 7.20. The average Bonchev–Trinajstić information content (AvgIpc) is 2.56. The Hall–Kier alpha value is -1.73. The third-order valence-electron chi connectivity index (χ3n) is 1.81. The van der Waals surface area contributed by atoms with Crippen molar-refractivity contribution in [2.24, 2.45) is 0 Å². The number of aromatic hydroxyl groups is 1. The summed E-state index contributed by atoms with van der Waals surface area (Å²) in [4.78, 5) is 0.559. The first-order valence-electron chi connectivity index (χ1n) is 3.63. The number of anilines is 1. The monoisotopic (exact) mass is 190 g/mol. The Morgan fingerprint density at radius 3 is 2.85 bits per heavy atom. The summed E-state index contributed by atoms with van der Waals surface area (Å²) in [5.41, 5.74) is 6.27. The number of thiophene rings is 1. The smallest absolute Gasteiger partial charge is 0.133 e. The van der Waals surface area contributed by atoms with Gasteiger partial charge in [-0.2, -0.15) is 5.26 Å². The Labute approximate surface area is 78.6 Å². The van der Waals surface area contributed by atoms with Crippen LogP contribution in [0.1, 0.15) is 4.88 Å². The Morgan fingerprint density at radius 2 is 2.23 bits per heavy atom. The second-order valence-corrected chi connectivity index (χ2v) is 3.69. The lowest BCUT2D eigenvalue weighted by Gasteiger charge is -1.96. The van der Waals surface area contributed by atoms with E-state index >= 15 is 0 Å². The van der Waals surface area contributed by atoms with Gasteiger partial charge in [0.05, 0.1) is 4.70 Å². The van der Waals surface area contributed by atoms with Crippen LogP contribution >= 0.6 is 11.3 Å². The fraction of sp³-hybridized carbons (Fsp3) is 0. The van der Waals surface area contributed by atoms with Crippen molar-refractivity contribution in [3.05, 3.63) is 23.1 Å². The van der Waals surface area contributed by atoms with Crippen molar-refractivity contribution >= 4 is 27.1 Å². The summed E-state index contributed by atoms with van der Waals surface area (Å²) in [7, 11) is 0. The third-order valence-corrected chi connectivity index (χ3v) is 2.87. The second kappa shape index (κ2) is 2.64. The Kier molecular flexibility index (Phi) is 1.61. The maximum Gasteiger partial charge on any atom is 0.133 e. The average molecular weight is 190 g/mol. The highest BCUT2D eigenvalue weighted by atomic mass is 32.1. The predicted octanol–water partition coefficient (Wildman–Crippen LogP) is 2.06. The molecule has 0 amide bonds. The minimum atomic E-state index is 0.177. The molecule has 1 aromatic heterocycles. The molecular formula is C9H6N2OS. The molecule has 3 nitrogen and oxygen atoms in total. The summed E-state index contributed by atoms with van der Waals surface area (Å²) < 4.78 is 0.677. The molecule has 4 heteroatoms. The standard InChI is InChI=1S/C9H6N2OS/c10-4-5-3-6-7(11)1-2-8(12)9(6)13-5/h1-3,12H,11H2. The van der Waals surface area contributed by atoms with Crippen LogP contribution in [-0.2, 0) is 0 Å². The van der Waals surface area contributed by atoms with Gasteiger partial charge in [0.15, 0.2) is 0 Å². The number of nitrogens with zero attached hydrogens (tertiary/aromatic N) is 1. The number of fused-ring (bicyclic) bond motifs is 1. The lowest BCUT2D eigenvalue weighted by atomic mass is 10.2. The largest absolute Gasteiger partial charge is 0.506 e. The van der Waals surface area contributed by atoms with Gasteiger partial charge >= 0.3 is 0 Å².